The molecular weight excluding hydrogens is 278 g/mol. The van der Waals surface area contributed by atoms with Crippen LogP contribution in [0.1, 0.15) is 44.0 Å². The summed E-state index contributed by atoms with van der Waals surface area (Å²) in [5.74, 6) is 0.837. The molecule has 2 fully saturated rings. The lowest BCUT2D eigenvalue weighted by molar-refractivity contribution is -0.144. The number of rotatable bonds is 6. The molecule has 5 nitrogen and oxygen atoms in total. The molecule has 0 radical (unpaired) electrons. The van der Waals surface area contributed by atoms with Crippen LogP contribution in [0.5, 0.6) is 0 Å². The fourth-order valence-electron chi connectivity index (χ4n) is 3.24. The highest BCUT2D eigenvalue weighted by atomic mass is 16.5. The van der Waals surface area contributed by atoms with Crippen molar-refractivity contribution in [2.45, 2.75) is 65.1 Å². The largest absolute Gasteiger partial charge is 0.368 e. The standard InChI is InChI=1S/C17H27N3O2/c1-12-9-13(2)20(18-12)10-16-5-4-8-19(16)17(21)14(3)22-11-15-6-7-15/h9,14-16H,4-8,10-11H2,1-3H3. The van der Waals surface area contributed by atoms with Crippen LogP contribution in [0.25, 0.3) is 0 Å². The Bertz CT molecular complexity index is 536. The molecule has 1 amide bonds. The quantitative estimate of drug-likeness (QED) is 0.810. The third-order valence-electron chi connectivity index (χ3n) is 4.77. The number of amides is 1. The van der Waals surface area contributed by atoms with E-state index in [1.165, 1.54) is 12.8 Å². The molecule has 2 heterocycles. The Balaban J connectivity index is 1.59. The molecule has 122 valence electrons. The first-order valence-corrected chi connectivity index (χ1v) is 8.47. The van der Waals surface area contributed by atoms with Gasteiger partial charge >= 0.3 is 0 Å². The number of likely N-dealkylation sites (tertiary alicyclic amines) is 1. The second kappa shape index (κ2) is 6.41. The van der Waals surface area contributed by atoms with Crippen LogP contribution in [0.15, 0.2) is 6.07 Å². The lowest BCUT2D eigenvalue weighted by atomic mass is 10.2. The van der Waals surface area contributed by atoms with Crippen molar-refractivity contribution >= 4 is 5.91 Å². The molecule has 1 aromatic heterocycles. The average Bonchev–Trinajstić information content (AvgIpc) is 3.11. The zero-order valence-electron chi connectivity index (χ0n) is 13.9. The number of hydrogen-bond acceptors (Lipinski definition) is 3. The second-order valence-electron chi connectivity index (χ2n) is 6.86. The van der Waals surface area contributed by atoms with E-state index in [1.54, 1.807) is 0 Å². The molecule has 3 rings (SSSR count). The Labute approximate surface area is 132 Å². The molecule has 2 aliphatic rings. The van der Waals surface area contributed by atoms with E-state index in [2.05, 4.69) is 18.1 Å². The van der Waals surface area contributed by atoms with Gasteiger partial charge in [-0.25, -0.2) is 0 Å². The van der Waals surface area contributed by atoms with E-state index in [0.717, 1.165) is 43.9 Å². The highest BCUT2D eigenvalue weighted by molar-refractivity contribution is 5.81. The van der Waals surface area contributed by atoms with Gasteiger partial charge in [0.05, 0.1) is 24.9 Å². The highest BCUT2D eigenvalue weighted by Gasteiger charge is 2.33. The second-order valence-corrected chi connectivity index (χ2v) is 6.86. The van der Waals surface area contributed by atoms with Gasteiger partial charge in [0.25, 0.3) is 5.91 Å². The number of carbonyl (C=O) groups is 1. The van der Waals surface area contributed by atoms with Gasteiger partial charge in [-0.2, -0.15) is 5.10 Å². The third-order valence-corrected chi connectivity index (χ3v) is 4.77. The molecule has 0 N–H and O–H groups in total. The minimum atomic E-state index is -0.318. The molecular formula is C17H27N3O2. The zero-order valence-corrected chi connectivity index (χ0v) is 13.9. The summed E-state index contributed by atoms with van der Waals surface area (Å²) in [4.78, 5) is 14.6. The predicted molar refractivity (Wildman–Crippen MR) is 84.6 cm³/mol. The summed E-state index contributed by atoms with van der Waals surface area (Å²) in [6, 6.07) is 2.33. The van der Waals surface area contributed by atoms with E-state index in [0.29, 0.717) is 5.92 Å². The van der Waals surface area contributed by atoms with E-state index >= 15 is 0 Å². The van der Waals surface area contributed by atoms with E-state index in [9.17, 15) is 4.79 Å². The number of aryl methyl sites for hydroxylation is 2. The molecule has 0 spiro atoms. The van der Waals surface area contributed by atoms with Crippen molar-refractivity contribution in [3.63, 3.8) is 0 Å². The van der Waals surface area contributed by atoms with Crippen LogP contribution in [0.3, 0.4) is 0 Å². The minimum Gasteiger partial charge on any atom is -0.368 e. The van der Waals surface area contributed by atoms with Crippen LogP contribution in [0.4, 0.5) is 0 Å². The van der Waals surface area contributed by atoms with Crippen LogP contribution >= 0.6 is 0 Å². The van der Waals surface area contributed by atoms with Crippen LogP contribution in [0, 0.1) is 19.8 Å². The molecule has 5 heteroatoms. The van der Waals surface area contributed by atoms with Crippen molar-refractivity contribution in [2.75, 3.05) is 13.2 Å². The topological polar surface area (TPSA) is 47.4 Å². The lowest BCUT2D eigenvalue weighted by Gasteiger charge is -2.28. The Morgan fingerprint density at radius 2 is 2.18 bits per heavy atom. The van der Waals surface area contributed by atoms with Crippen LogP contribution in [-0.2, 0) is 16.1 Å². The number of ether oxygens (including phenoxy) is 1. The summed E-state index contributed by atoms with van der Waals surface area (Å²) in [5.41, 5.74) is 2.20. The highest BCUT2D eigenvalue weighted by Crippen LogP contribution is 2.29. The summed E-state index contributed by atoms with van der Waals surface area (Å²) >= 11 is 0. The van der Waals surface area contributed by atoms with Gasteiger partial charge in [0.1, 0.15) is 6.10 Å². The first kappa shape index (κ1) is 15.5. The number of carbonyl (C=O) groups excluding carboxylic acids is 1. The van der Waals surface area contributed by atoms with Crippen LogP contribution in [0.2, 0.25) is 0 Å². The lowest BCUT2D eigenvalue weighted by Crippen LogP contribution is -2.44. The summed E-state index contributed by atoms with van der Waals surface area (Å²) < 4.78 is 7.78. The van der Waals surface area contributed by atoms with Crippen molar-refractivity contribution in [3.05, 3.63) is 17.5 Å². The van der Waals surface area contributed by atoms with Gasteiger partial charge in [0.2, 0.25) is 0 Å². The van der Waals surface area contributed by atoms with Crippen molar-refractivity contribution in [3.8, 4) is 0 Å². The van der Waals surface area contributed by atoms with E-state index in [-0.39, 0.29) is 18.1 Å². The first-order chi connectivity index (χ1) is 10.5. The smallest absolute Gasteiger partial charge is 0.251 e. The van der Waals surface area contributed by atoms with E-state index in [4.69, 9.17) is 4.74 Å². The van der Waals surface area contributed by atoms with Gasteiger partial charge < -0.3 is 9.64 Å². The molecule has 1 saturated heterocycles. The van der Waals surface area contributed by atoms with Crippen LogP contribution in [-0.4, -0.2) is 45.9 Å². The Morgan fingerprint density at radius 1 is 1.41 bits per heavy atom. The van der Waals surface area contributed by atoms with Crippen molar-refractivity contribution < 1.29 is 9.53 Å². The van der Waals surface area contributed by atoms with Gasteiger partial charge in [-0.05, 0) is 58.4 Å². The summed E-state index contributed by atoms with van der Waals surface area (Å²) in [6.07, 6.45) is 4.32. The maximum absolute atomic E-state index is 12.6. The predicted octanol–water partition coefficient (Wildman–Crippen LogP) is 2.31. The van der Waals surface area contributed by atoms with Gasteiger partial charge in [-0.3, -0.25) is 9.48 Å². The number of hydrogen-bond donors (Lipinski definition) is 0. The molecule has 2 unspecified atom stereocenters. The first-order valence-electron chi connectivity index (χ1n) is 8.47. The van der Waals surface area contributed by atoms with Gasteiger partial charge in [-0.1, -0.05) is 0 Å². The summed E-state index contributed by atoms with van der Waals surface area (Å²) in [6.45, 7) is 8.35. The maximum atomic E-state index is 12.6. The minimum absolute atomic E-state index is 0.143. The maximum Gasteiger partial charge on any atom is 0.251 e. The summed E-state index contributed by atoms with van der Waals surface area (Å²) in [5, 5.41) is 4.53. The Hall–Kier alpha value is -1.36. The van der Waals surface area contributed by atoms with Crippen molar-refractivity contribution in [2.24, 2.45) is 5.92 Å². The van der Waals surface area contributed by atoms with Crippen LogP contribution < -0.4 is 0 Å². The zero-order chi connectivity index (χ0) is 15.7. The SMILES string of the molecule is Cc1cc(C)n(CC2CCCN2C(=O)C(C)OCC2CC2)n1. The Kier molecular flexibility index (Phi) is 4.52. The molecule has 1 saturated carbocycles. The molecule has 1 aliphatic carbocycles. The number of nitrogens with zero attached hydrogens (tertiary/aromatic N) is 3. The molecule has 1 aromatic rings. The average molecular weight is 305 g/mol. The third kappa shape index (κ3) is 3.51. The molecule has 22 heavy (non-hydrogen) atoms. The van der Waals surface area contributed by atoms with Crippen molar-refractivity contribution in [1.29, 1.82) is 0 Å². The van der Waals surface area contributed by atoms with Gasteiger partial charge in [-0.15, -0.1) is 0 Å². The number of aromatic nitrogens is 2. The molecule has 2 atom stereocenters. The Morgan fingerprint density at radius 3 is 2.82 bits per heavy atom. The fourth-order valence-corrected chi connectivity index (χ4v) is 3.24. The van der Waals surface area contributed by atoms with E-state index < -0.39 is 0 Å². The molecule has 0 aromatic carbocycles. The normalized spacial score (nSPS) is 23.0. The summed E-state index contributed by atoms with van der Waals surface area (Å²) in [7, 11) is 0. The fraction of sp³-hybridized carbons (Fsp3) is 0.765. The molecule has 0 bridgehead atoms. The van der Waals surface area contributed by atoms with Gasteiger partial charge in [0, 0.05) is 12.2 Å². The van der Waals surface area contributed by atoms with Gasteiger partial charge in [0.15, 0.2) is 0 Å². The monoisotopic (exact) mass is 305 g/mol. The van der Waals surface area contributed by atoms with E-state index in [1.807, 2.05) is 23.4 Å². The molecule has 1 aliphatic heterocycles. The van der Waals surface area contributed by atoms with Crippen molar-refractivity contribution in [1.82, 2.24) is 14.7 Å².